The van der Waals surface area contributed by atoms with Crippen molar-refractivity contribution in [2.45, 2.75) is 51.0 Å². The Morgan fingerprint density at radius 2 is 2.00 bits per heavy atom. The van der Waals surface area contributed by atoms with E-state index in [4.69, 9.17) is 0 Å². The van der Waals surface area contributed by atoms with Gasteiger partial charge < -0.3 is 10.0 Å². The second kappa shape index (κ2) is 6.93. The number of hydrogen-bond donors (Lipinski definition) is 1. The van der Waals surface area contributed by atoms with Crippen molar-refractivity contribution in [3.63, 3.8) is 0 Å². The van der Waals surface area contributed by atoms with Crippen LogP contribution in [0.5, 0.6) is 0 Å². The van der Waals surface area contributed by atoms with E-state index in [1.807, 2.05) is 24.0 Å². The van der Waals surface area contributed by atoms with E-state index in [1.54, 1.807) is 0 Å². The number of aliphatic hydroxyl groups is 1. The quantitative estimate of drug-likeness (QED) is 0.899. The molecule has 2 unspecified atom stereocenters. The van der Waals surface area contributed by atoms with E-state index in [1.165, 1.54) is 5.56 Å². The van der Waals surface area contributed by atoms with Crippen LogP contribution in [0.15, 0.2) is 28.7 Å². The van der Waals surface area contributed by atoms with Gasteiger partial charge in [0.2, 0.25) is 5.91 Å². The number of likely N-dealkylation sites (tertiary alicyclic amines) is 1. The summed E-state index contributed by atoms with van der Waals surface area (Å²) >= 11 is 3.43. The van der Waals surface area contributed by atoms with Gasteiger partial charge in [0.1, 0.15) is 0 Å². The molecule has 1 aromatic carbocycles. The van der Waals surface area contributed by atoms with Gasteiger partial charge in [-0.05, 0) is 49.8 Å². The minimum Gasteiger partial charge on any atom is -0.390 e. The molecule has 2 atom stereocenters. The standard InChI is InChI=1S/C17H24BrNO2/c1-13(14-4-6-15(18)7-5-14)12-16(20)19-10-3-8-17(2,21)9-11-19/h4-7,13,21H,3,8-12H2,1-2H3. The molecule has 0 spiro atoms. The van der Waals surface area contributed by atoms with Crippen LogP contribution in [0.4, 0.5) is 0 Å². The third-order valence-electron chi connectivity index (χ3n) is 4.34. The lowest BCUT2D eigenvalue weighted by molar-refractivity contribution is -0.131. The van der Waals surface area contributed by atoms with Crippen molar-refractivity contribution in [3.8, 4) is 0 Å². The Morgan fingerprint density at radius 1 is 1.33 bits per heavy atom. The third-order valence-corrected chi connectivity index (χ3v) is 4.86. The smallest absolute Gasteiger partial charge is 0.223 e. The molecule has 0 radical (unpaired) electrons. The van der Waals surface area contributed by atoms with Gasteiger partial charge in [-0.25, -0.2) is 0 Å². The molecule has 0 aromatic heterocycles. The van der Waals surface area contributed by atoms with Crippen LogP contribution in [0.1, 0.15) is 51.0 Å². The zero-order valence-electron chi connectivity index (χ0n) is 12.8. The van der Waals surface area contributed by atoms with Crippen molar-refractivity contribution in [1.82, 2.24) is 4.90 Å². The summed E-state index contributed by atoms with van der Waals surface area (Å²) in [6.45, 7) is 5.39. The third kappa shape index (κ3) is 4.82. The van der Waals surface area contributed by atoms with Crippen LogP contribution in [0, 0.1) is 0 Å². The molecule has 1 saturated heterocycles. The van der Waals surface area contributed by atoms with Crippen LogP contribution in [0.3, 0.4) is 0 Å². The molecular formula is C17H24BrNO2. The maximum atomic E-state index is 12.4. The highest BCUT2D eigenvalue weighted by Crippen LogP contribution is 2.25. The van der Waals surface area contributed by atoms with Gasteiger partial charge in [-0.3, -0.25) is 4.79 Å². The molecule has 21 heavy (non-hydrogen) atoms. The van der Waals surface area contributed by atoms with E-state index in [-0.39, 0.29) is 11.8 Å². The van der Waals surface area contributed by atoms with Crippen LogP contribution < -0.4 is 0 Å². The molecule has 1 amide bonds. The molecular weight excluding hydrogens is 330 g/mol. The van der Waals surface area contributed by atoms with Gasteiger partial charge in [0.15, 0.2) is 0 Å². The summed E-state index contributed by atoms with van der Waals surface area (Å²) in [4.78, 5) is 14.4. The number of benzene rings is 1. The van der Waals surface area contributed by atoms with Gasteiger partial charge >= 0.3 is 0 Å². The highest BCUT2D eigenvalue weighted by Gasteiger charge is 2.27. The summed E-state index contributed by atoms with van der Waals surface area (Å²) in [5.41, 5.74) is 0.570. The van der Waals surface area contributed by atoms with E-state index in [0.717, 1.165) is 23.9 Å². The van der Waals surface area contributed by atoms with Gasteiger partial charge in [0, 0.05) is 24.0 Å². The predicted octanol–water partition coefficient (Wildman–Crippen LogP) is 3.71. The second-order valence-corrected chi connectivity index (χ2v) is 7.30. The molecule has 1 aliphatic rings. The summed E-state index contributed by atoms with van der Waals surface area (Å²) in [6.07, 6.45) is 2.86. The molecule has 1 aromatic rings. The summed E-state index contributed by atoms with van der Waals surface area (Å²) < 4.78 is 1.06. The van der Waals surface area contributed by atoms with Gasteiger partial charge in [0.05, 0.1) is 5.60 Å². The number of carbonyl (C=O) groups excluding carboxylic acids is 1. The molecule has 1 heterocycles. The molecule has 4 heteroatoms. The van der Waals surface area contributed by atoms with Gasteiger partial charge in [0.25, 0.3) is 0 Å². The van der Waals surface area contributed by atoms with E-state index >= 15 is 0 Å². The van der Waals surface area contributed by atoms with Crippen LogP contribution in [0.2, 0.25) is 0 Å². The highest BCUT2D eigenvalue weighted by molar-refractivity contribution is 9.10. The fourth-order valence-electron chi connectivity index (χ4n) is 2.81. The Hall–Kier alpha value is -0.870. The average Bonchev–Trinajstić information content (AvgIpc) is 2.60. The lowest BCUT2D eigenvalue weighted by Crippen LogP contribution is -2.34. The fraction of sp³-hybridized carbons (Fsp3) is 0.588. The van der Waals surface area contributed by atoms with Crippen LogP contribution >= 0.6 is 15.9 Å². The van der Waals surface area contributed by atoms with Gasteiger partial charge in [-0.1, -0.05) is 35.0 Å². The Morgan fingerprint density at radius 3 is 2.67 bits per heavy atom. The number of carbonyl (C=O) groups is 1. The molecule has 0 bridgehead atoms. The normalized spacial score (nSPS) is 24.5. The molecule has 1 fully saturated rings. The second-order valence-electron chi connectivity index (χ2n) is 6.39. The van der Waals surface area contributed by atoms with Crippen molar-refractivity contribution in [3.05, 3.63) is 34.3 Å². The minimum atomic E-state index is -0.619. The van der Waals surface area contributed by atoms with E-state index < -0.39 is 5.60 Å². The van der Waals surface area contributed by atoms with Crippen molar-refractivity contribution in [2.75, 3.05) is 13.1 Å². The first-order valence-electron chi connectivity index (χ1n) is 7.63. The van der Waals surface area contributed by atoms with Crippen molar-refractivity contribution >= 4 is 21.8 Å². The zero-order valence-corrected chi connectivity index (χ0v) is 14.4. The Bertz CT molecular complexity index is 484. The molecule has 0 aliphatic carbocycles. The summed E-state index contributed by atoms with van der Waals surface area (Å²) in [6, 6.07) is 8.16. The first kappa shape index (κ1) is 16.5. The molecule has 0 saturated carbocycles. The molecule has 1 aliphatic heterocycles. The number of amides is 1. The van der Waals surface area contributed by atoms with Gasteiger partial charge in [-0.15, -0.1) is 0 Å². The van der Waals surface area contributed by atoms with Crippen LogP contribution in [-0.2, 0) is 4.79 Å². The van der Waals surface area contributed by atoms with E-state index in [0.29, 0.717) is 19.4 Å². The van der Waals surface area contributed by atoms with Crippen molar-refractivity contribution in [2.24, 2.45) is 0 Å². The minimum absolute atomic E-state index is 0.197. The van der Waals surface area contributed by atoms with Crippen molar-refractivity contribution in [1.29, 1.82) is 0 Å². The Labute approximate surface area is 135 Å². The number of nitrogens with zero attached hydrogens (tertiary/aromatic N) is 1. The number of hydrogen-bond acceptors (Lipinski definition) is 2. The average molecular weight is 354 g/mol. The fourth-order valence-corrected chi connectivity index (χ4v) is 3.08. The van der Waals surface area contributed by atoms with Crippen molar-refractivity contribution < 1.29 is 9.90 Å². The van der Waals surface area contributed by atoms with Gasteiger partial charge in [-0.2, -0.15) is 0 Å². The first-order valence-corrected chi connectivity index (χ1v) is 8.42. The van der Waals surface area contributed by atoms with Crippen LogP contribution in [0.25, 0.3) is 0 Å². The summed E-state index contributed by atoms with van der Waals surface area (Å²) in [5, 5.41) is 10.1. The maximum absolute atomic E-state index is 12.4. The summed E-state index contributed by atoms with van der Waals surface area (Å²) in [5.74, 6) is 0.414. The zero-order chi connectivity index (χ0) is 15.5. The Balaban J connectivity index is 1.93. The monoisotopic (exact) mass is 353 g/mol. The summed E-state index contributed by atoms with van der Waals surface area (Å²) in [7, 11) is 0. The number of rotatable bonds is 3. The molecule has 1 N–H and O–H groups in total. The molecule has 2 rings (SSSR count). The lowest BCUT2D eigenvalue weighted by atomic mass is 9.97. The highest BCUT2D eigenvalue weighted by atomic mass is 79.9. The lowest BCUT2D eigenvalue weighted by Gasteiger charge is -2.24. The van der Waals surface area contributed by atoms with E-state index in [9.17, 15) is 9.90 Å². The molecule has 116 valence electrons. The maximum Gasteiger partial charge on any atom is 0.223 e. The number of halogens is 1. The van der Waals surface area contributed by atoms with Crippen LogP contribution in [-0.4, -0.2) is 34.6 Å². The Kier molecular flexibility index (Phi) is 5.44. The predicted molar refractivity (Wildman–Crippen MR) is 88.2 cm³/mol. The topological polar surface area (TPSA) is 40.5 Å². The first-order chi connectivity index (χ1) is 9.87. The molecule has 3 nitrogen and oxygen atoms in total. The largest absolute Gasteiger partial charge is 0.390 e. The SMILES string of the molecule is CC(CC(=O)N1CCCC(C)(O)CC1)c1ccc(Br)cc1. The van der Waals surface area contributed by atoms with E-state index in [2.05, 4.69) is 35.0 Å².